The second-order valence-electron chi connectivity index (χ2n) is 5.89. The smallest absolute Gasteiger partial charge is 0.354 e. The van der Waals surface area contributed by atoms with Crippen LogP contribution >= 0.6 is 0 Å². The molecule has 0 aromatic heterocycles. The van der Waals surface area contributed by atoms with Crippen molar-refractivity contribution in [2.75, 3.05) is 40.3 Å². The Morgan fingerprint density at radius 1 is 1.35 bits per heavy atom. The Hall–Kier alpha value is -1.82. The van der Waals surface area contributed by atoms with Crippen LogP contribution < -0.4 is 10.6 Å². The highest BCUT2D eigenvalue weighted by molar-refractivity contribution is 7.90. The average Bonchev–Trinajstić information content (AvgIpc) is 2.56. The molecule has 1 aliphatic rings. The zero-order chi connectivity index (χ0) is 20.0. The van der Waals surface area contributed by atoms with E-state index in [4.69, 9.17) is 0 Å². The lowest BCUT2D eigenvalue weighted by molar-refractivity contribution is -0.127. The fourth-order valence-electron chi connectivity index (χ4n) is 2.19. The zero-order valence-corrected chi connectivity index (χ0v) is 15.5. The van der Waals surface area contributed by atoms with E-state index >= 15 is 0 Å². The summed E-state index contributed by atoms with van der Waals surface area (Å²) < 4.78 is 61.0. The van der Waals surface area contributed by atoms with Gasteiger partial charge in [0.05, 0.1) is 0 Å². The topological polar surface area (TPSA) is 94.1 Å². The number of sulfonamides is 1. The van der Waals surface area contributed by atoms with Gasteiger partial charge in [0, 0.05) is 39.8 Å². The quantitative estimate of drug-likeness (QED) is 0.376. The highest BCUT2D eigenvalue weighted by Crippen LogP contribution is 2.28. The van der Waals surface area contributed by atoms with E-state index in [1.165, 1.54) is 4.90 Å². The van der Waals surface area contributed by atoms with Crippen LogP contribution in [-0.4, -0.2) is 81.3 Å². The molecule has 1 heterocycles. The van der Waals surface area contributed by atoms with Gasteiger partial charge in [-0.1, -0.05) is 6.08 Å². The normalized spacial score (nSPS) is 17.7. The molecule has 0 atom stereocenters. The Balaban J connectivity index is 2.67. The number of amides is 1. The zero-order valence-electron chi connectivity index (χ0n) is 14.7. The van der Waals surface area contributed by atoms with Crippen molar-refractivity contribution in [2.24, 2.45) is 4.99 Å². The number of hydrogen-bond donors (Lipinski definition) is 2. The monoisotopic (exact) mass is 399 g/mol. The van der Waals surface area contributed by atoms with E-state index in [-0.39, 0.29) is 44.4 Å². The second kappa shape index (κ2) is 9.21. The van der Waals surface area contributed by atoms with Crippen LogP contribution in [0.4, 0.5) is 13.2 Å². The van der Waals surface area contributed by atoms with Crippen molar-refractivity contribution in [3.8, 4) is 0 Å². The third-order valence-corrected chi connectivity index (χ3v) is 5.34. The molecule has 12 heteroatoms. The average molecular weight is 399 g/mol. The van der Waals surface area contributed by atoms with Gasteiger partial charge in [-0.05, 0) is 12.8 Å². The van der Waals surface area contributed by atoms with Crippen molar-refractivity contribution in [3.05, 3.63) is 12.7 Å². The summed E-state index contributed by atoms with van der Waals surface area (Å²) in [7, 11) is -2.11. The van der Waals surface area contributed by atoms with Crippen LogP contribution in [0, 0.1) is 0 Å². The molecule has 150 valence electrons. The Morgan fingerprint density at radius 3 is 2.38 bits per heavy atom. The van der Waals surface area contributed by atoms with Gasteiger partial charge in [0.2, 0.25) is 5.91 Å². The molecule has 0 aromatic rings. The molecule has 8 nitrogen and oxygen atoms in total. The number of nitrogens with zero attached hydrogens (tertiary/aromatic N) is 3. The number of alkyl halides is 3. The summed E-state index contributed by atoms with van der Waals surface area (Å²) in [6.07, 6.45) is 1.96. The van der Waals surface area contributed by atoms with Crippen molar-refractivity contribution in [3.63, 3.8) is 0 Å². The lowest BCUT2D eigenvalue weighted by Crippen LogP contribution is -2.51. The van der Waals surface area contributed by atoms with Crippen LogP contribution in [0.5, 0.6) is 0 Å². The molecule has 0 saturated carbocycles. The summed E-state index contributed by atoms with van der Waals surface area (Å²) in [6.45, 7) is 3.35. The summed E-state index contributed by atoms with van der Waals surface area (Å²) in [4.78, 5) is 17.1. The number of carbonyl (C=O) groups is 1. The van der Waals surface area contributed by atoms with Gasteiger partial charge in [-0.25, -0.2) is 13.4 Å². The molecular weight excluding hydrogens is 375 g/mol. The van der Waals surface area contributed by atoms with E-state index < -0.39 is 15.5 Å². The van der Waals surface area contributed by atoms with E-state index in [1.54, 1.807) is 20.2 Å². The maximum absolute atomic E-state index is 12.6. The molecule has 0 unspecified atom stereocenters. The molecule has 0 radical (unpaired) electrons. The number of piperidine rings is 1. The van der Waals surface area contributed by atoms with E-state index in [2.05, 4.69) is 22.2 Å². The summed E-state index contributed by atoms with van der Waals surface area (Å²) in [5, 5.41) is 5.93. The van der Waals surface area contributed by atoms with Crippen LogP contribution in [0.2, 0.25) is 0 Å². The minimum Gasteiger partial charge on any atom is -0.354 e. The first-order chi connectivity index (χ1) is 12.0. The molecule has 1 amide bonds. The summed E-state index contributed by atoms with van der Waals surface area (Å²) in [5.74, 6) is 0.105. The Morgan fingerprint density at radius 2 is 1.92 bits per heavy atom. The third-order valence-electron chi connectivity index (χ3n) is 3.71. The minimum atomic E-state index is -5.30. The Kier molecular flexibility index (Phi) is 7.87. The van der Waals surface area contributed by atoms with Gasteiger partial charge in [0.1, 0.15) is 6.54 Å². The first-order valence-corrected chi connectivity index (χ1v) is 9.35. The number of carbonyl (C=O) groups excluding carboxylic acids is 1. The third kappa shape index (κ3) is 6.16. The van der Waals surface area contributed by atoms with Crippen molar-refractivity contribution in [1.29, 1.82) is 0 Å². The van der Waals surface area contributed by atoms with Gasteiger partial charge < -0.3 is 15.5 Å². The minimum absolute atomic E-state index is 0.0965. The molecule has 26 heavy (non-hydrogen) atoms. The lowest BCUT2D eigenvalue weighted by atomic mass is 10.1. The number of guanidine groups is 1. The molecule has 1 rings (SSSR count). The summed E-state index contributed by atoms with van der Waals surface area (Å²) in [5.41, 5.74) is -5.29. The standard InChI is InChI=1S/C14H24F3N5O3S/c1-4-7-18-13(19-10-12(23)21(2)3)20-11-5-8-22(9-6-11)26(24,25)14(15,16)17/h4,11H,1,5-10H2,2-3H3,(H2,18,19,20). The van der Waals surface area contributed by atoms with Crippen molar-refractivity contribution in [1.82, 2.24) is 19.8 Å². The second-order valence-corrected chi connectivity index (χ2v) is 7.82. The fraction of sp³-hybridized carbons (Fsp3) is 0.714. The van der Waals surface area contributed by atoms with Gasteiger partial charge in [-0.15, -0.1) is 6.58 Å². The maximum atomic E-state index is 12.6. The maximum Gasteiger partial charge on any atom is 0.511 e. The van der Waals surface area contributed by atoms with E-state index in [0.717, 1.165) is 0 Å². The summed E-state index contributed by atoms with van der Waals surface area (Å²) in [6, 6.07) is -0.264. The van der Waals surface area contributed by atoms with Gasteiger partial charge in [0.25, 0.3) is 0 Å². The van der Waals surface area contributed by atoms with E-state index in [0.29, 0.717) is 16.8 Å². The van der Waals surface area contributed by atoms with Crippen molar-refractivity contribution in [2.45, 2.75) is 24.4 Å². The van der Waals surface area contributed by atoms with Crippen LogP contribution in [0.3, 0.4) is 0 Å². The van der Waals surface area contributed by atoms with Crippen molar-refractivity contribution >= 4 is 21.9 Å². The first kappa shape index (κ1) is 22.2. The molecule has 0 spiro atoms. The van der Waals surface area contributed by atoms with Crippen LogP contribution in [-0.2, 0) is 14.8 Å². The summed E-state index contributed by atoms with van der Waals surface area (Å²) >= 11 is 0. The molecule has 2 N–H and O–H groups in total. The Bertz CT molecular complexity index is 626. The van der Waals surface area contributed by atoms with E-state index in [9.17, 15) is 26.4 Å². The number of aliphatic imine (C=N–C) groups is 1. The highest BCUT2D eigenvalue weighted by atomic mass is 32.2. The molecule has 0 bridgehead atoms. The van der Waals surface area contributed by atoms with Crippen LogP contribution in [0.15, 0.2) is 17.6 Å². The number of rotatable bonds is 6. The molecule has 0 aromatic carbocycles. The highest BCUT2D eigenvalue weighted by Gasteiger charge is 2.50. The predicted molar refractivity (Wildman–Crippen MR) is 91.9 cm³/mol. The van der Waals surface area contributed by atoms with Gasteiger partial charge in [-0.3, -0.25) is 4.79 Å². The van der Waals surface area contributed by atoms with Crippen molar-refractivity contribution < 1.29 is 26.4 Å². The molecule has 1 saturated heterocycles. The van der Waals surface area contributed by atoms with Gasteiger partial charge in [0.15, 0.2) is 5.96 Å². The Labute approximate surface area is 151 Å². The predicted octanol–water partition coefficient (Wildman–Crippen LogP) is 0.110. The number of nitrogens with one attached hydrogen (secondary N) is 2. The number of likely N-dealkylation sites (N-methyl/N-ethyl adjacent to an activating group) is 1. The number of halogens is 3. The SMILES string of the molecule is C=CCNC(=NCC(=O)N(C)C)NC1CCN(S(=O)(=O)C(F)(F)F)CC1. The molecule has 1 aliphatic heterocycles. The largest absolute Gasteiger partial charge is 0.511 e. The molecular formula is C14H24F3N5O3S. The van der Waals surface area contributed by atoms with Gasteiger partial charge >= 0.3 is 15.5 Å². The van der Waals surface area contributed by atoms with Crippen LogP contribution in [0.1, 0.15) is 12.8 Å². The number of hydrogen-bond acceptors (Lipinski definition) is 4. The first-order valence-electron chi connectivity index (χ1n) is 7.91. The molecule has 0 aliphatic carbocycles. The van der Waals surface area contributed by atoms with Gasteiger partial charge in [-0.2, -0.15) is 17.5 Å². The van der Waals surface area contributed by atoms with Crippen LogP contribution in [0.25, 0.3) is 0 Å². The fourth-order valence-corrected chi connectivity index (χ4v) is 3.17. The van der Waals surface area contributed by atoms with E-state index in [1.807, 2.05) is 0 Å². The lowest BCUT2D eigenvalue weighted by Gasteiger charge is -2.32. The molecule has 1 fully saturated rings.